The lowest BCUT2D eigenvalue weighted by Gasteiger charge is -2.35. The van der Waals surface area contributed by atoms with Gasteiger partial charge in [0.2, 0.25) is 0 Å². The Morgan fingerprint density at radius 2 is 1.06 bits per heavy atom. The molecule has 0 radical (unpaired) electrons. The number of piperazine rings is 2. The van der Waals surface area contributed by atoms with Gasteiger partial charge >= 0.3 is 12.2 Å². The van der Waals surface area contributed by atoms with E-state index >= 15 is 0 Å². The summed E-state index contributed by atoms with van der Waals surface area (Å²) in [5.41, 5.74) is -0.844. The van der Waals surface area contributed by atoms with Crippen LogP contribution in [0.2, 0.25) is 0 Å². The van der Waals surface area contributed by atoms with E-state index in [2.05, 4.69) is 9.80 Å². The summed E-state index contributed by atoms with van der Waals surface area (Å²) < 4.78 is 15.7. The number of aliphatic hydroxyl groups excluding tert-OH is 1. The summed E-state index contributed by atoms with van der Waals surface area (Å²) in [4.78, 5) is 31.4. The summed E-state index contributed by atoms with van der Waals surface area (Å²) >= 11 is 0. The molecule has 0 atom stereocenters. The molecule has 2 aliphatic rings. The Hall–Kier alpha value is -1.62. The Labute approximate surface area is 199 Å². The number of carbonyl (C=O) groups excluding carboxylic acids is 2. The third-order valence-corrected chi connectivity index (χ3v) is 5.08. The summed E-state index contributed by atoms with van der Waals surface area (Å²) in [6, 6.07) is 0. The van der Waals surface area contributed by atoms with E-state index in [0.29, 0.717) is 19.6 Å². The van der Waals surface area contributed by atoms with Gasteiger partial charge in [-0.05, 0) is 41.5 Å². The van der Waals surface area contributed by atoms with Crippen molar-refractivity contribution in [1.82, 2.24) is 19.6 Å². The van der Waals surface area contributed by atoms with Crippen molar-refractivity contribution in [3.05, 3.63) is 0 Å². The number of nitrogens with zero attached hydrogens (tertiary/aromatic N) is 4. The van der Waals surface area contributed by atoms with Gasteiger partial charge in [-0.2, -0.15) is 0 Å². The first-order valence-electron chi connectivity index (χ1n) is 11.8. The minimum absolute atomic E-state index is 0.173. The fourth-order valence-corrected chi connectivity index (χ4v) is 3.32. The van der Waals surface area contributed by atoms with Crippen LogP contribution >= 0.6 is 0 Å². The second-order valence-electron chi connectivity index (χ2n) is 10.3. The zero-order valence-corrected chi connectivity index (χ0v) is 21.8. The lowest BCUT2D eigenvalue weighted by Crippen LogP contribution is -2.50. The highest BCUT2D eigenvalue weighted by atomic mass is 16.6. The van der Waals surface area contributed by atoms with E-state index in [9.17, 15) is 9.59 Å². The first kappa shape index (κ1) is 29.4. The number of aliphatic hydroxyl groups is 1. The van der Waals surface area contributed by atoms with E-state index in [0.717, 1.165) is 52.4 Å². The van der Waals surface area contributed by atoms with E-state index in [1.165, 1.54) is 0 Å². The second-order valence-corrected chi connectivity index (χ2v) is 10.3. The van der Waals surface area contributed by atoms with Crippen LogP contribution in [0.1, 0.15) is 41.5 Å². The summed E-state index contributed by atoms with van der Waals surface area (Å²) in [6.45, 7) is 20.0. The molecule has 10 nitrogen and oxygen atoms in total. The van der Waals surface area contributed by atoms with Gasteiger partial charge in [-0.3, -0.25) is 9.80 Å². The maximum absolute atomic E-state index is 11.8. The highest BCUT2D eigenvalue weighted by molar-refractivity contribution is 5.68. The molecule has 0 unspecified atom stereocenters. The minimum Gasteiger partial charge on any atom is -0.444 e. The standard InChI is InChI=1S/C12H24N2O3.C11H22N2O3/c1-12(2,3)17-11(15)14-7-5-13(6-8-14)9-10-16-4;1-11(2,3)16-10(15)13-6-4-12(5-7-13)8-9-14/h5-10H2,1-4H3;14H,4-9H2,1-3H3. The van der Waals surface area contributed by atoms with Crippen LogP contribution in [0.5, 0.6) is 0 Å². The normalized spacial score (nSPS) is 18.4. The van der Waals surface area contributed by atoms with Crippen molar-refractivity contribution in [3.63, 3.8) is 0 Å². The molecule has 2 amide bonds. The van der Waals surface area contributed by atoms with Gasteiger partial charge in [0.25, 0.3) is 0 Å². The number of hydrogen-bond acceptors (Lipinski definition) is 8. The molecule has 0 aromatic heterocycles. The van der Waals surface area contributed by atoms with E-state index < -0.39 is 11.2 Å². The summed E-state index contributed by atoms with van der Waals surface area (Å²) in [6.07, 6.45) is -0.444. The van der Waals surface area contributed by atoms with Crippen LogP contribution in [-0.2, 0) is 14.2 Å². The Kier molecular flexibility index (Phi) is 12.4. The number of methoxy groups -OCH3 is 1. The largest absolute Gasteiger partial charge is 0.444 e. The topological polar surface area (TPSA) is 95.0 Å². The van der Waals surface area contributed by atoms with Crippen molar-refractivity contribution in [2.75, 3.05) is 85.8 Å². The van der Waals surface area contributed by atoms with Crippen molar-refractivity contribution in [3.8, 4) is 0 Å². The van der Waals surface area contributed by atoms with Crippen LogP contribution in [0, 0.1) is 0 Å². The quantitative estimate of drug-likeness (QED) is 0.644. The molecule has 0 spiro atoms. The summed E-state index contributed by atoms with van der Waals surface area (Å²) in [5, 5.41) is 8.80. The van der Waals surface area contributed by atoms with Gasteiger partial charge < -0.3 is 29.1 Å². The van der Waals surface area contributed by atoms with Gasteiger partial charge in [0.15, 0.2) is 0 Å². The molecule has 194 valence electrons. The fraction of sp³-hybridized carbons (Fsp3) is 0.913. The Bertz CT molecular complexity index is 574. The third-order valence-electron chi connectivity index (χ3n) is 5.08. The Balaban J connectivity index is 0.000000331. The lowest BCUT2D eigenvalue weighted by molar-refractivity contribution is 0.0120. The second kappa shape index (κ2) is 13.9. The minimum atomic E-state index is -0.431. The molecule has 0 aromatic carbocycles. The number of β-amino-alcohol motifs (C(OH)–C–C–N with tert-alkyl or cyclic N) is 1. The molecule has 0 aromatic rings. The first-order chi connectivity index (χ1) is 15.3. The van der Waals surface area contributed by atoms with Crippen molar-refractivity contribution in [2.45, 2.75) is 52.7 Å². The zero-order valence-electron chi connectivity index (χ0n) is 21.8. The molecule has 0 saturated carbocycles. The number of amides is 2. The van der Waals surface area contributed by atoms with Crippen LogP contribution in [0.15, 0.2) is 0 Å². The van der Waals surface area contributed by atoms with Crippen LogP contribution in [0.25, 0.3) is 0 Å². The monoisotopic (exact) mass is 474 g/mol. The van der Waals surface area contributed by atoms with Gasteiger partial charge in [-0.1, -0.05) is 0 Å². The molecule has 33 heavy (non-hydrogen) atoms. The van der Waals surface area contributed by atoms with Crippen LogP contribution in [-0.4, -0.2) is 134 Å². The number of rotatable bonds is 5. The van der Waals surface area contributed by atoms with Crippen molar-refractivity contribution in [1.29, 1.82) is 0 Å². The van der Waals surface area contributed by atoms with Gasteiger partial charge in [0.1, 0.15) is 11.2 Å². The zero-order chi connectivity index (χ0) is 25.1. The Morgan fingerprint density at radius 1 is 0.697 bits per heavy atom. The Morgan fingerprint density at radius 3 is 1.36 bits per heavy atom. The summed E-state index contributed by atoms with van der Waals surface area (Å²) in [7, 11) is 1.71. The molecule has 0 aliphatic carbocycles. The van der Waals surface area contributed by atoms with E-state index in [1.54, 1.807) is 16.9 Å². The molecule has 0 bridgehead atoms. The van der Waals surface area contributed by atoms with E-state index in [1.807, 2.05) is 41.5 Å². The van der Waals surface area contributed by atoms with Crippen molar-refractivity contribution in [2.24, 2.45) is 0 Å². The van der Waals surface area contributed by atoms with Crippen molar-refractivity contribution < 1.29 is 28.9 Å². The maximum Gasteiger partial charge on any atom is 0.410 e. The average molecular weight is 475 g/mol. The predicted molar refractivity (Wildman–Crippen MR) is 127 cm³/mol. The number of carbonyl (C=O) groups is 2. The predicted octanol–water partition coefficient (Wildman–Crippen LogP) is 1.72. The van der Waals surface area contributed by atoms with Gasteiger partial charge in [-0.25, -0.2) is 9.59 Å². The van der Waals surface area contributed by atoms with E-state index in [-0.39, 0.29) is 18.8 Å². The van der Waals surface area contributed by atoms with Crippen LogP contribution in [0.3, 0.4) is 0 Å². The molecule has 2 saturated heterocycles. The third kappa shape index (κ3) is 13.0. The van der Waals surface area contributed by atoms with Crippen molar-refractivity contribution >= 4 is 12.2 Å². The molecule has 2 heterocycles. The molecule has 2 fully saturated rings. The van der Waals surface area contributed by atoms with Crippen LogP contribution in [0.4, 0.5) is 9.59 Å². The molecule has 1 N–H and O–H groups in total. The SMILES string of the molecule is CC(C)(C)OC(=O)N1CCN(CCO)CC1.COCCN1CCN(C(=O)OC(C)(C)C)CC1. The van der Waals surface area contributed by atoms with Gasteiger partial charge in [-0.15, -0.1) is 0 Å². The molecular weight excluding hydrogens is 428 g/mol. The number of hydrogen-bond donors (Lipinski definition) is 1. The highest BCUT2D eigenvalue weighted by Gasteiger charge is 2.26. The van der Waals surface area contributed by atoms with Gasteiger partial charge in [0.05, 0.1) is 13.2 Å². The lowest BCUT2D eigenvalue weighted by atomic mass is 10.2. The molecule has 10 heteroatoms. The molecular formula is C23H46N4O6. The fourth-order valence-electron chi connectivity index (χ4n) is 3.32. The maximum atomic E-state index is 11.8. The highest BCUT2D eigenvalue weighted by Crippen LogP contribution is 2.12. The molecule has 2 rings (SSSR count). The molecule has 2 aliphatic heterocycles. The smallest absolute Gasteiger partial charge is 0.410 e. The first-order valence-corrected chi connectivity index (χ1v) is 11.8. The number of ether oxygens (including phenoxy) is 3. The van der Waals surface area contributed by atoms with Gasteiger partial charge in [0, 0.05) is 72.6 Å². The van der Waals surface area contributed by atoms with E-state index in [4.69, 9.17) is 19.3 Å². The van der Waals surface area contributed by atoms with Crippen LogP contribution < -0.4 is 0 Å². The summed E-state index contributed by atoms with van der Waals surface area (Å²) in [5.74, 6) is 0. The average Bonchev–Trinajstić information content (AvgIpc) is 2.71.